The minimum Gasteiger partial charge on any atom is -0.508 e. The van der Waals surface area contributed by atoms with Gasteiger partial charge in [-0.25, -0.2) is 0 Å². The van der Waals surface area contributed by atoms with Gasteiger partial charge in [0, 0.05) is 34.9 Å². The zero-order valence-corrected chi connectivity index (χ0v) is 31.1. The van der Waals surface area contributed by atoms with Crippen LogP contribution < -0.4 is 18.9 Å². The van der Waals surface area contributed by atoms with Crippen LogP contribution in [0.2, 0.25) is 0 Å². The van der Waals surface area contributed by atoms with E-state index >= 15 is 0 Å². The molecule has 0 saturated carbocycles. The summed E-state index contributed by atoms with van der Waals surface area (Å²) in [6.07, 6.45) is -18.0. The van der Waals surface area contributed by atoms with Gasteiger partial charge in [-0.1, -0.05) is 23.8 Å². The number of aliphatic hydroxyl groups excluding tert-OH is 9. The van der Waals surface area contributed by atoms with E-state index in [0.29, 0.717) is 5.56 Å². The Morgan fingerprint density at radius 2 is 1.26 bits per heavy atom. The summed E-state index contributed by atoms with van der Waals surface area (Å²) in [6.45, 7) is 2.10. The molecule has 0 aromatic heterocycles. The molecule has 12 N–H and O–H groups in total. The summed E-state index contributed by atoms with van der Waals surface area (Å²) in [5, 5.41) is 128. The number of allylic oxidation sites excluding steroid dienone is 2. The smallest absolute Gasteiger partial charge is 0.229 e. The molecule has 3 heterocycles. The van der Waals surface area contributed by atoms with Crippen LogP contribution in [0.25, 0.3) is 0 Å². The minimum atomic E-state index is -1.91. The van der Waals surface area contributed by atoms with Crippen LogP contribution in [0.1, 0.15) is 48.1 Å². The molecule has 13 atom stereocenters. The molecule has 0 bridgehead atoms. The Bertz CT molecular complexity index is 1890. The molecule has 0 aliphatic carbocycles. The molecule has 312 valence electrons. The molecule has 0 spiro atoms. The standard InChI is InChI=1S/C39H48O18/c1-15(2)4-9-19-20(43)12-21(44)26(37(19)57-39-35(51)33(49)30(46)25(14-41)56-39)28-27-22(52-3)10-18(53-38-34(50)32(48)29(45)24(13-40)55-38)11-23(27)54-36(31(28)47)16-5-7-17(42)8-6-16/h4-8,10-12,24-25,28-36,38-51H,9,13-14H2,1-3H3/t24-,25+,28-,29-,30-,31+,32+,33+,34-,35-,36-,38-,39-/m0/s1. The van der Waals surface area contributed by atoms with Crippen LogP contribution in [0.4, 0.5) is 0 Å². The van der Waals surface area contributed by atoms with Crippen LogP contribution in [0.5, 0.6) is 40.2 Å². The van der Waals surface area contributed by atoms with E-state index in [1.54, 1.807) is 19.9 Å². The van der Waals surface area contributed by atoms with Crippen LogP contribution in [0.3, 0.4) is 0 Å². The lowest BCUT2D eigenvalue weighted by atomic mass is 9.78. The van der Waals surface area contributed by atoms with Crippen molar-refractivity contribution in [1.29, 1.82) is 0 Å². The highest BCUT2D eigenvalue weighted by Gasteiger charge is 2.49. The Labute approximate surface area is 326 Å². The zero-order chi connectivity index (χ0) is 41.5. The molecule has 3 aliphatic heterocycles. The first-order valence-corrected chi connectivity index (χ1v) is 18.1. The van der Waals surface area contributed by atoms with Crippen LogP contribution >= 0.6 is 0 Å². The largest absolute Gasteiger partial charge is 0.508 e. The first-order chi connectivity index (χ1) is 27.1. The van der Waals surface area contributed by atoms with Crippen molar-refractivity contribution >= 4 is 0 Å². The van der Waals surface area contributed by atoms with Crippen molar-refractivity contribution in [3.63, 3.8) is 0 Å². The van der Waals surface area contributed by atoms with Crippen molar-refractivity contribution < 1.29 is 89.7 Å². The molecule has 2 fully saturated rings. The summed E-state index contributed by atoms with van der Waals surface area (Å²) in [6, 6.07) is 9.38. The van der Waals surface area contributed by atoms with Gasteiger partial charge in [-0.2, -0.15) is 0 Å². The third-order valence-corrected chi connectivity index (χ3v) is 10.3. The average molecular weight is 805 g/mol. The second kappa shape index (κ2) is 17.2. The molecule has 57 heavy (non-hydrogen) atoms. The molecule has 2 saturated heterocycles. The summed E-state index contributed by atoms with van der Waals surface area (Å²) in [4.78, 5) is 0. The highest BCUT2D eigenvalue weighted by atomic mass is 16.7. The van der Waals surface area contributed by atoms with Gasteiger partial charge in [0.2, 0.25) is 12.6 Å². The van der Waals surface area contributed by atoms with E-state index in [0.717, 1.165) is 11.6 Å². The number of hydrogen-bond donors (Lipinski definition) is 12. The van der Waals surface area contributed by atoms with Crippen molar-refractivity contribution in [2.24, 2.45) is 0 Å². The van der Waals surface area contributed by atoms with Gasteiger partial charge in [-0.3, -0.25) is 0 Å². The monoisotopic (exact) mass is 804 g/mol. The minimum absolute atomic E-state index is 0.0230. The summed E-state index contributed by atoms with van der Waals surface area (Å²) in [5.41, 5.74) is 1.12. The molecule has 0 amide bonds. The second-order valence-corrected chi connectivity index (χ2v) is 14.4. The number of phenolic OH excluding ortho intramolecular Hbond substituents is 3. The molecule has 0 unspecified atom stereocenters. The van der Waals surface area contributed by atoms with Gasteiger partial charge in [0.15, 0.2) is 6.10 Å². The van der Waals surface area contributed by atoms with Gasteiger partial charge < -0.3 is 89.7 Å². The van der Waals surface area contributed by atoms with E-state index in [9.17, 15) is 61.3 Å². The number of rotatable bonds is 11. The number of phenols is 3. The Hall–Kier alpha value is -4.44. The third kappa shape index (κ3) is 8.16. The van der Waals surface area contributed by atoms with Gasteiger partial charge in [0.25, 0.3) is 0 Å². The van der Waals surface area contributed by atoms with Crippen molar-refractivity contribution in [2.75, 3.05) is 20.3 Å². The van der Waals surface area contributed by atoms with Crippen molar-refractivity contribution in [3.05, 3.63) is 76.4 Å². The Morgan fingerprint density at radius 3 is 1.81 bits per heavy atom. The highest BCUT2D eigenvalue weighted by molar-refractivity contribution is 5.65. The SMILES string of the molecule is COc1cc(O[C@H]2O[C@@H](CO)[C@H](O)[C@@H](O)[C@@H]2O)cc2c1[C@H](c1c(O)cc(O)c(CC=C(C)C)c1O[C@@H]1O[C@H](CO)[C@H](O)[C@@H](O)[C@@H]1O)[C@@H](O)[C@H](c1ccc(O)cc1)O2. The third-order valence-electron chi connectivity index (χ3n) is 10.3. The topological polar surface area (TPSA) is 298 Å². The number of methoxy groups -OCH3 is 1. The number of fused-ring (bicyclic) bond motifs is 1. The Morgan fingerprint density at radius 1 is 0.684 bits per heavy atom. The van der Waals surface area contributed by atoms with Crippen LogP contribution in [-0.2, 0) is 15.9 Å². The van der Waals surface area contributed by atoms with Crippen molar-refractivity contribution in [2.45, 2.75) is 99.8 Å². The molecule has 3 aromatic carbocycles. The normalized spacial score (nSPS) is 32.5. The average Bonchev–Trinajstić information content (AvgIpc) is 3.18. The van der Waals surface area contributed by atoms with Gasteiger partial charge in [0.1, 0.15) is 95.2 Å². The van der Waals surface area contributed by atoms with E-state index in [2.05, 4.69) is 0 Å². The van der Waals surface area contributed by atoms with E-state index in [-0.39, 0.29) is 51.9 Å². The predicted molar refractivity (Wildman–Crippen MR) is 194 cm³/mol. The lowest BCUT2D eigenvalue weighted by Crippen LogP contribution is -2.60. The summed E-state index contributed by atoms with van der Waals surface area (Å²) >= 11 is 0. The maximum absolute atomic E-state index is 12.4. The van der Waals surface area contributed by atoms with Gasteiger partial charge >= 0.3 is 0 Å². The fourth-order valence-corrected chi connectivity index (χ4v) is 7.22. The predicted octanol–water partition coefficient (Wildman–Crippen LogP) is -0.695. The summed E-state index contributed by atoms with van der Waals surface area (Å²) in [7, 11) is 1.28. The molecule has 18 heteroatoms. The highest BCUT2D eigenvalue weighted by Crippen LogP contribution is 2.56. The maximum atomic E-state index is 12.4. The van der Waals surface area contributed by atoms with Crippen molar-refractivity contribution in [3.8, 4) is 40.2 Å². The molecular weight excluding hydrogens is 756 g/mol. The molecule has 6 rings (SSSR count). The van der Waals surface area contributed by atoms with E-state index < -0.39 is 104 Å². The van der Waals surface area contributed by atoms with Crippen molar-refractivity contribution in [1.82, 2.24) is 0 Å². The first kappa shape index (κ1) is 42.2. The van der Waals surface area contributed by atoms with E-state index in [1.807, 2.05) is 0 Å². The maximum Gasteiger partial charge on any atom is 0.229 e. The first-order valence-electron chi connectivity index (χ1n) is 18.1. The lowest BCUT2D eigenvalue weighted by molar-refractivity contribution is -0.277. The summed E-state index contributed by atoms with van der Waals surface area (Å²) in [5.74, 6) is -3.00. The molecular formula is C39H48O18. The number of aliphatic hydroxyl groups is 9. The van der Waals surface area contributed by atoms with Crippen LogP contribution in [0.15, 0.2) is 54.1 Å². The fourth-order valence-electron chi connectivity index (χ4n) is 7.22. The van der Waals surface area contributed by atoms with Crippen LogP contribution in [0, 0.1) is 0 Å². The molecule has 18 nitrogen and oxygen atoms in total. The van der Waals surface area contributed by atoms with Gasteiger partial charge in [-0.15, -0.1) is 0 Å². The molecule has 3 aromatic rings. The zero-order valence-electron chi connectivity index (χ0n) is 31.1. The number of hydrogen-bond acceptors (Lipinski definition) is 18. The van der Waals surface area contributed by atoms with Gasteiger partial charge in [-0.05, 0) is 38.0 Å². The fraction of sp³-hybridized carbons (Fsp3) is 0.487. The number of benzene rings is 3. The second-order valence-electron chi connectivity index (χ2n) is 14.4. The molecule has 3 aliphatic rings. The quantitative estimate of drug-likeness (QED) is 0.107. The van der Waals surface area contributed by atoms with E-state index in [4.69, 9.17) is 28.4 Å². The van der Waals surface area contributed by atoms with Crippen LogP contribution in [-0.4, -0.2) is 149 Å². The Kier molecular flexibility index (Phi) is 12.7. The number of ether oxygens (including phenoxy) is 6. The van der Waals surface area contributed by atoms with Gasteiger partial charge in [0.05, 0.1) is 26.2 Å². The number of aromatic hydroxyl groups is 3. The van der Waals surface area contributed by atoms with E-state index in [1.165, 1.54) is 43.5 Å². The molecule has 0 radical (unpaired) electrons. The summed E-state index contributed by atoms with van der Waals surface area (Å²) < 4.78 is 35.5. The lowest BCUT2D eigenvalue weighted by Gasteiger charge is -2.42. The Balaban J connectivity index is 1.55.